The molecule has 0 fully saturated rings. The third-order valence-corrected chi connectivity index (χ3v) is 3.94. The lowest BCUT2D eigenvalue weighted by Crippen LogP contribution is -2.14. The number of nitro benzene ring substituents is 1. The minimum Gasteiger partial charge on any atom is -0.462 e. The number of ether oxygens (including phenoxy) is 1. The average molecular weight is 327 g/mol. The number of carbonyl (C=O) groups excluding carboxylic acids is 1. The van der Waals surface area contributed by atoms with Crippen LogP contribution in [-0.2, 0) is 4.74 Å². The fourth-order valence-electron chi connectivity index (χ4n) is 2.61. The number of nitro groups is 1. The fourth-order valence-corrected chi connectivity index (χ4v) is 2.61. The van der Waals surface area contributed by atoms with Gasteiger partial charge < -0.3 is 4.74 Å². The number of esters is 1. The Balaban J connectivity index is 1.83. The van der Waals surface area contributed by atoms with Crippen LogP contribution in [0.5, 0.6) is 0 Å². The lowest BCUT2D eigenvalue weighted by Gasteiger charge is -2.17. The summed E-state index contributed by atoms with van der Waals surface area (Å²) >= 11 is 0. The van der Waals surface area contributed by atoms with E-state index >= 15 is 0 Å². The number of nitrogens with zero attached hydrogens (tertiary/aromatic N) is 1. The van der Waals surface area contributed by atoms with Gasteiger partial charge in [-0.1, -0.05) is 44.2 Å². The van der Waals surface area contributed by atoms with Gasteiger partial charge in [-0.3, -0.25) is 10.1 Å². The van der Waals surface area contributed by atoms with Crippen LogP contribution in [0.25, 0.3) is 0 Å². The topological polar surface area (TPSA) is 69.4 Å². The van der Waals surface area contributed by atoms with E-state index in [1.807, 2.05) is 25.1 Å². The molecule has 0 aromatic heterocycles. The minimum atomic E-state index is -0.498. The Morgan fingerprint density at radius 1 is 1.08 bits per heavy atom. The van der Waals surface area contributed by atoms with Crippen LogP contribution in [-0.4, -0.2) is 17.5 Å². The van der Waals surface area contributed by atoms with Crippen molar-refractivity contribution >= 4 is 11.7 Å². The summed E-state index contributed by atoms with van der Waals surface area (Å²) in [5, 5.41) is 10.6. The van der Waals surface area contributed by atoms with Crippen LogP contribution >= 0.6 is 0 Å². The van der Waals surface area contributed by atoms with E-state index in [0.29, 0.717) is 18.1 Å². The second-order valence-electron chi connectivity index (χ2n) is 6.06. The number of benzene rings is 2. The molecule has 0 aliphatic heterocycles. The highest BCUT2D eigenvalue weighted by atomic mass is 16.6. The zero-order chi connectivity index (χ0) is 17.5. The van der Waals surface area contributed by atoms with Crippen molar-refractivity contribution in [2.45, 2.75) is 26.2 Å². The summed E-state index contributed by atoms with van der Waals surface area (Å²) in [6.45, 7) is 4.53. The molecule has 0 radical (unpaired) electrons. The van der Waals surface area contributed by atoms with Crippen LogP contribution in [0.3, 0.4) is 0 Å². The van der Waals surface area contributed by atoms with E-state index in [1.165, 1.54) is 29.8 Å². The molecule has 5 heteroatoms. The Morgan fingerprint density at radius 3 is 2.29 bits per heavy atom. The van der Waals surface area contributed by atoms with Crippen molar-refractivity contribution in [3.8, 4) is 0 Å². The zero-order valence-corrected chi connectivity index (χ0v) is 13.8. The maximum absolute atomic E-state index is 12.0. The first-order chi connectivity index (χ1) is 11.5. The molecule has 0 heterocycles. The van der Waals surface area contributed by atoms with Gasteiger partial charge >= 0.3 is 5.97 Å². The molecule has 0 spiro atoms. The van der Waals surface area contributed by atoms with E-state index in [1.54, 1.807) is 0 Å². The van der Waals surface area contributed by atoms with E-state index < -0.39 is 10.9 Å². The van der Waals surface area contributed by atoms with Crippen molar-refractivity contribution in [3.05, 3.63) is 75.8 Å². The summed E-state index contributed by atoms with van der Waals surface area (Å²) < 4.78 is 5.32. The van der Waals surface area contributed by atoms with E-state index in [0.717, 1.165) is 6.42 Å². The average Bonchev–Trinajstić information content (AvgIpc) is 2.60. The second kappa shape index (κ2) is 8.24. The van der Waals surface area contributed by atoms with Crippen molar-refractivity contribution in [3.63, 3.8) is 0 Å². The number of hydrogen-bond acceptors (Lipinski definition) is 4. The fraction of sp³-hybridized carbons (Fsp3) is 0.316. The van der Waals surface area contributed by atoms with Crippen molar-refractivity contribution in [2.75, 3.05) is 6.61 Å². The van der Waals surface area contributed by atoms with Crippen LogP contribution < -0.4 is 0 Å². The monoisotopic (exact) mass is 327 g/mol. The second-order valence-corrected chi connectivity index (χ2v) is 6.06. The summed E-state index contributed by atoms with van der Waals surface area (Å²) in [4.78, 5) is 22.1. The molecule has 2 atom stereocenters. The predicted molar refractivity (Wildman–Crippen MR) is 92.0 cm³/mol. The summed E-state index contributed by atoms with van der Waals surface area (Å²) in [6.07, 6.45) is 0.914. The maximum Gasteiger partial charge on any atom is 0.338 e. The normalized spacial score (nSPS) is 13.1. The van der Waals surface area contributed by atoms with Gasteiger partial charge in [0.15, 0.2) is 0 Å². The Kier molecular flexibility index (Phi) is 6.07. The molecule has 2 aromatic carbocycles. The molecule has 2 aromatic rings. The van der Waals surface area contributed by atoms with Crippen molar-refractivity contribution in [2.24, 2.45) is 5.92 Å². The molecule has 2 rings (SSSR count). The quantitative estimate of drug-likeness (QED) is 0.424. The van der Waals surface area contributed by atoms with Gasteiger partial charge in [0.25, 0.3) is 5.69 Å². The zero-order valence-electron chi connectivity index (χ0n) is 13.8. The first kappa shape index (κ1) is 17.7. The smallest absolute Gasteiger partial charge is 0.338 e. The maximum atomic E-state index is 12.0. The summed E-state index contributed by atoms with van der Waals surface area (Å²) in [5.41, 5.74) is 1.55. The third kappa shape index (κ3) is 4.91. The third-order valence-electron chi connectivity index (χ3n) is 3.94. The van der Waals surface area contributed by atoms with Gasteiger partial charge in [-0.2, -0.15) is 0 Å². The molecule has 0 saturated heterocycles. The SMILES string of the molecule is C[C@H](COC(=O)c1ccc([N+](=O)[O-])cc1)C[C@@H](C)c1ccccc1. The lowest BCUT2D eigenvalue weighted by molar-refractivity contribution is -0.384. The molecule has 0 N–H and O–H groups in total. The molecule has 24 heavy (non-hydrogen) atoms. The van der Waals surface area contributed by atoms with Crippen molar-refractivity contribution in [1.82, 2.24) is 0 Å². The largest absolute Gasteiger partial charge is 0.462 e. The number of rotatable bonds is 7. The van der Waals surface area contributed by atoms with Crippen LogP contribution in [0.2, 0.25) is 0 Å². The van der Waals surface area contributed by atoms with Crippen LogP contribution in [0.15, 0.2) is 54.6 Å². The van der Waals surface area contributed by atoms with Crippen molar-refractivity contribution in [1.29, 1.82) is 0 Å². The van der Waals surface area contributed by atoms with Gasteiger partial charge in [-0.25, -0.2) is 4.79 Å². The van der Waals surface area contributed by atoms with E-state index in [4.69, 9.17) is 4.74 Å². The predicted octanol–water partition coefficient (Wildman–Crippen LogP) is 4.58. The molecule has 0 aliphatic carbocycles. The Hall–Kier alpha value is -2.69. The van der Waals surface area contributed by atoms with E-state index in [-0.39, 0.29) is 11.6 Å². The first-order valence-electron chi connectivity index (χ1n) is 7.94. The molecule has 0 saturated carbocycles. The highest BCUT2D eigenvalue weighted by Crippen LogP contribution is 2.23. The highest BCUT2D eigenvalue weighted by molar-refractivity contribution is 5.89. The molecular formula is C19H21NO4. The highest BCUT2D eigenvalue weighted by Gasteiger charge is 2.15. The van der Waals surface area contributed by atoms with Gasteiger partial charge in [0.1, 0.15) is 0 Å². The summed E-state index contributed by atoms with van der Waals surface area (Å²) in [5.74, 6) is 0.158. The van der Waals surface area contributed by atoms with Gasteiger partial charge in [-0.05, 0) is 36.0 Å². The van der Waals surface area contributed by atoms with Gasteiger partial charge in [-0.15, -0.1) is 0 Å². The first-order valence-corrected chi connectivity index (χ1v) is 7.94. The van der Waals surface area contributed by atoms with Crippen LogP contribution in [0, 0.1) is 16.0 Å². The summed E-state index contributed by atoms with van der Waals surface area (Å²) in [7, 11) is 0. The van der Waals surface area contributed by atoms with Crippen LogP contribution in [0.1, 0.15) is 42.1 Å². The number of carbonyl (C=O) groups is 1. The molecule has 0 bridgehead atoms. The molecule has 5 nitrogen and oxygen atoms in total. The molecule has 0 aliphatic rings. The number of hydrogen-bond donors (Lipinski definition) is 0. The molecule has 0 amide bonds. The van der Waals surface area contributed by atoms with Gasteiger partial charge in [0.2, 0.25) is 0 Å². The Labute approximate surface area is 141 Å². The summed E-state index contributed by atoms with van der Waals surface area (Å²) in [6, 6.07) is 15.7. The van der Waals surface area contributed by atoms with E-state index in [9.17, 15) is 14.9 Å². The molecule has 0 unspecified atom stereocenters. The van der Waals surface area contributed by atoms with Gasteiger partial charge in [0, 0.05) is 12.1 Å². The standard InChI is InChI=1S/C19H21NO4/c1-14(12-15(2)16-6-4-3-5-7-16)13-24-19(21)17-8-10-18(11-9-17)20(22)23/h3-11,14-15H,12-13H2,1-2H3/t14-,15+/m0/s1. The Morgan fingerprint density at radius 2 is 1.71 bits per heavy atom. The van der Waals surface area contributed by atoms with Crippen LogP contribution in [0.4, 0.5) is 5.69 Å². The lowest BCUT2D eigenvalue weighted by atomic mass is 9.91. The van der Waals surface area contributed by atoms with Gasteiger partial charge in [0.05, 0.1) is 17.1 Å². The Bertz CT molecular complexity index is 682. The molecule has 126 valence electrons. The van der Waals surface area contributed by atoms with E-state index in [2.05, 4.69) is 19.1 Å². The van der Waals surface area contributed by atoms with Crippen molar-refractivity contribution < 1.29 is 14.5 Å². The minimum absolute atomic E-state index is 0.0448. The molecular weight excluding hydrogens is 306 g/mol. The number of non-ortho nitro benzene ring substituents is 1.